The summed E-state index contributed by atoms with van der Waals surface area (Å²) in [6, 6.07) is 6.53. The molecule has 0 unspecified atom stereocenters. The van der Waals surface area contributed by atoms with Gasteiger partial charge in [0.2, 0.25) is 5.91 Å². The number of hydrogen-bond donors (Lipinski definition) is 1. The molecule has 1 aliphatic heterocycles. The van der Waals surface area contributed by atoms with Crippen LogP contribution in [0.3, 0.4) is 0 Å². The van der Waals surface area contributed by atoms with Crippen LogP contribution < -0.4 is 10.2 Å². The quantitative estimate of drug-likeness (QED) is 0.839. The highest BCUT2D eigenvalue weighted by Gasteiger charge is 2.22. The summed E-state index contributed by atoms with van der Waals surface area (Å²) >= 11 is 11.8. The third-order valence-corrected chi connectivity index (χ3v) is 4.87. The number of nitrogens with one attached hydrogen (secondary N) is 1. The zero-order valence-corrected chi connectivity index (χ0v) is 16.3. The number of aryl methyl sites for hydroxylation is 1. The van der Waals surface area contributed by atoms with E-state index in [2.05, 4.69) is 20.2 Å². The lowest BCUT2D eigenvalue weighted by Gasteiger charge is -2.35. The fraction of sp³-hybridized carbons (Fsp3) is 0.333. The number of rotatable bonds is 4. The molecule has 0 bridgehead atoms. The second-order valence-electron chi connectivity index (χ2n) is 6.19. The average Bonchev–Trinajstić information content (AvgIpc) is 2.66. The SMILES string of the molecule is Cc1cc(N2CCN(C(=O)CNC(=O)c3ccc(Cl)cc3Cl)CC2)ncn1. The zero-order valence-electron chi connectivity index (χ0n) is 14.8. The Morgan fingerprint density at radius 1 is 1.11 bits per heavy atom. The standard InChI is InChI=1S/C18H19Cl2N5O2/c1-12-8-16(23-11-22-12)24-4-6-25(7-5-24)17(26)10-21-18(27)14-3-2-13(19)9-15(14)20/h2-3,8-9,11H,4-7,10H2,1H3,(H,21,27). The highest BCUT2D eigenvalue weighted by atomic mass is 35.5. The summed E-state index contributed by atoms with van der Waals surface area (Å²) in [5, 5.41) is 3.31. The summed E-state index contributed by atoms with van der Waals surface area (Å²) in [5.41, 5.74) is 1.19. The summed E-state index contributed by atoms with van der Waals surface area (Å²) in [6.45, 7) is 4.34. The van der Waals surface area contributed by atoms with Crippen molar-refractivity contribution in [3.63, 3.8) is 0 Å². The van der Waals surface area contributed by atoms with Gasteiger partial charge in [-0.15, -0.1) is 0 Å². The molecule has 9 heteroatoms. The van der Waals surface area contributed by atoms with Crippen molar-refractivity contribution >= 4 is 40.8 Å². The summed E-state index contributed by atoms with van der Waals surface area (Å²) in [7, 11) is 0. The molecule has 0 saturated carbocycles. The van der Waals surface area contributed by atoms with Gasteiger partial charge in [-0.3, -0.25) is 9.59 Å². The maximum Gasteiger partial charge on any atom is 0.253 e. The number of aromatic nitrogens is 2. The minimum atomic E-state index is -0.403. The number of carbonyl (C=O) groups is 2. The first-order chi connectivity index (χ1) is 12.9. The molecule has 0 radical (unpaired) electrons. The van der Waals surface area contributed by atoms with Gasteiger partial charge in [-0.1, -0.05) is 23.2 Å². The minimum Gasteiger partial charge on any atom is -0.353 e. The molecule has 1 fully saturated rings. The average molecular weight is 408 g/mol. The van der Waals surface area contributed by atoms with E-state index in [-0.39, 0.29) is 23.0 Å². The van der Waals surface area contributed by atoms with E-state index in [0.29, 0.717) is 31.2 Å². The van der Waals surface area contributed by atoms with Crippen molar-refractivity contribution in [1.29, 1.82) is 0 Å². The van der Waals surface area contributed by atoms with Crippen LogP contribution in [-0.2, 0) is 4.79 Å². The van der Waals surface area contributed by atoms with E-state index in [1.54, 1.807) is 17.3 Å². The second-order valence-corrected chi connectivity index (χ2v) is 7.04. The molecule has 142 valence electrons. The Bertz CT molecular complexity index is 853. The summed E-state index contributed by atoms with van der Waals surface area (Å²) in [5.74, 6) is 0.326. The maximum absolute atomic E-state index is 12.4. The van der Waals surface area contributed by atoms with Crippen LogP contribution in [0.4, 0.5) is 5.82 Å². The van der Waals surface area contributed by atoms with E-state index in [9.17, 15) is 9.59 Å². The fourth-order valence-electron chi connectivity index (χ4n) is 2.83. The third kappa shape index (κ3) is 4.87. The smallest absolute Gasteiger partial charge is 0.253 e. The molecule has 0 spiro atoms. The molecule has 1 aromatic heterocycles. The zero-order chi connectivity index (χ0) is 19.4. The highest BCUT2D eigenvalue weighted by Crippen LogP contribution is 2.20. The van der Waals surface area contributed by atoms with E-state index in [1.165, 1.54) is 12.1 Å². The maximum atomic E-state index is 12.4. The van der Waals surface area contributed by atoms with Gasteiger partial charge >= 0.3 is 0 Å². The molecular formula is C18H19Cl2N5O2. The number of hydrogen-bond acceptors (Lipinski definition) is 5. The van der Waals surface area contributed by atoms with Crippen molar-refractivity contribution in [2.45, 2.75) is 6.92 Å². The van der Waals surface area contributed by atoms with Crippen LogP contribution in [-0.4, -0.2) is 59.4 Å². The Labute approximate surface area is 167 Å². The van der Waals surface area contributed by atoms with Crippen LogP contribution in [0, 0.1) is 6.92 Å². The van der Waals surface area contributed by atoms with Gasteiger partial charge in [-0.05, 0) is 25.1 Å². The van der Waals surface area contributed by atoms with Crippen molar-refractivity contribution in [2.24, 2.45) is 0 Å². The van der Waals surface area contributed by atoms with Gasteiger partial charge in [0, 0.05) is 43.0 Å². The van der Waals surface area contributed by atoms with Crippen molar-refractivity contribution in [2.75, 3.05) is 37.6 Å². The van der Waals surface area contributed by atoms with Crippen molar-refractivity contribution in [1.82, 2.24) is 20.2 Å². The number of anilines is 1. The molecule has 0 atom stereocenters. The summed E-state index contributed by atoms with van der Waals surface area (Å²) in [6.07, 6.45) is 1.54. The molecule has 1 N–H and O–H groups in total. The fourth-order valence-corrected chi connectivity index (χ4v) is 3.33. The highest BCUT2D eigenvalue weighted by molar-refractivity contribution is 6.36. The molecule has 7 nitrogen and oxygen atoms in total. The molecule has 1 aliphatic rings. The van der Waals surface area contributed by atoms with Crippen LogP contribution in [0.25, 0.3) is 0 Å². The second kappa shape index (κ2) is 8.54. The first kappa shape index (κ1) is 19.4. The van der Waals surface area contributed by atoms with Gasteiger partial charge in [0.25, 0.3) is 5.91 Å². The molecule has 1 saturated heterocycles. The number of carbonyl (C=O) groups excluding carboxylic acids is 2. The van der Waals surface area contributed by atoms with Gasteiger partial charge < -0.3 is 15.1 Å². The molecule has 0 aliphatic carbocycles. The number of benzene rings is 1. The Hall–Kier alpha value is -2.38. The van der Waals surface area contributed by atoms with Crippen molar-refractivity contribution < 1.29 is 9.59 Å². The summed E-state index contributed by atoms with van der Waals surface area (Å²) in [4.78, 5) is 36.8. The molecule has 2 aromatic rings. The predicted octanol–water partition coefficient (Wildman–Crippen LogP) is 2.17. The van der Waals surface area contributed by atoms with Gasteiger partial charge in [0.1, 0.15) is 12.1 Å². The molecule has 27 heavy (non-hydrogen) atoms. The molecule has 1 aromatic carbocycles. The van der Waals surface area contributed by atoms with Gasteiger partial charge in [-0.25, -0.2) is 9.97 Å². The Kier molecular flexibility index (Phi) is 6.13. The molecule has 3 rings (SSSR count). The Balaban J connectivity index is 1.50. The van der Waals surface area contributed by atoms with Gasteiger partial charge in [0.05, 0.1) is 17.1 Å². The van der Waals surface area contributed by atoms with Crippen LogP contribution in [0.1, 0.15) is 16.1 Å². The van der Waals surface area contributed by atoms with E-state index >= 15 is 0 Å². The van der Waals surface area contributed by atoms with Gasteiger partial charge in [0.15, 0.2) is 0 Å². The number of amides is 2. The molecule has 2 amide bonds. The van der Waals surface area contributed by atoms with E-state index in [1.807, 2.05) is 13.0 Å². The summed E-state index contributed by atoms with van der Waals surface area (Å²) < 4.78 is 0. The lowest BCUT2D eigenvalue weighted by molar-refractivity contribution is -0.130. The Morgan fingerprint density at radius 2 is 1.85 bits per heavy atom. The number of halogens is 2. The van der Waals surface area contributed by atoms with Crippen LogP contribution in [0.5, 0.6) is 0 Å². The third-order valence-electron chi connectivity index (χ3n) is 4.32. The van der Waals surface area contributed by atoms with E-state index in [0.717, 1.165) is 11.5 Å². The van der Waals surface area contributed by atoms with E-state index < -0.39 is 5.91 Å². The minimum absolute atomic E-state index is 0.0790. The van der Waals surface area contributed by atoms with Crippen molar-refractivity contribution in [3.8, 4) is 0 Å². The van der Waals surface area contributed by atoms with Crippen LogP contribution >= 0.6 is 23.2 Å². The number of nitrogens with zero attached hydrogens (tertiary/aromatic N) is 4. The first-order valence-corrected chi connectivity index (χ1v) is 9.24. The van der Waals surface area contributed by atoms with Crippen LogP contribution in [0.2, 0.25) is 10.0 Å². The van der Waals surface area contributed by atoms with Gasteiger partial charge in [-0.2, -0.15) is 0 Å². The largest absolute Gasteiger partial charge is 0.353 e. The topological polar surface area (TPSA) is 78.4 Å². The van der Waals surface area contributed by atoms with Crippen molar-refractivity contribution in [3.05, 3.63) is 51.9 Å². The normalized spacial score (nSPS) is 14.2. The molecule has 2 heterocycles. The van der Waals surface area contributed by atoms with E-state index in [4.69, 9.17) is 23.2 Å². The number of piperazine rings is 1. The predicted molar refractivity (Wildman–Crippen MR) is 104 cm³/mol. The Morgan fingerprint density at radius 3 is 2.52 bits per heavy atom. The lowest BCUT2D eigenvalue weighted by Crippen LogP contribution is -2.51. The monoisotopic (exact) mass is 407 g/mol. The molecular weight excluding hydrogens is 389 g/mol. The van der Waals surface area contributed by atoms with Crippen LogP contribution in [0.15, 0.2) is 30.6 Å². The first-order valence-electron chi connectivity index (χ1n) is 8.48. The lowest BCUT2D eigenvalue weighted by atomic mass is 10.2.